The van der Waals surface area contributed by atoms with Crippen molar-refractivity contribution in [2.75, 3.05) is 0 Å². The Balaban J connectivity index is 2.09. The number of carboxylic acid groups (broad SMARTS) is 1. The van der Waals surface area contributed by atoms with Crippen LogP contribution in [0.1, 0.15) is 32.0 Å². The molecule has 0 saturated heterocycles. The first-order chi connectivity index (χ1) is 15.2. The molecule has 32 heavy (non-hydrogen) atoms. The normalized spacial score (nSPS) is 11.8. The summed E-state index contributed by atoms with van der Waals surface area (Å²) in [6.07, 6.45) is 5.11. The highest BCUT2D eigenvalue weighted by Gasteiger charge is 2.27. The molecule has 2 heterocycles. The molecule has 0 unspecified atom stereocenters. The summed E-state index contributed by atoms with van der Waals surface area (Å²) in [5.41, 5.74) is 4.52. The molecular formula is C25H24ClN3O2S. The van der Waals surface area contributed by atoms with E-state index in [9.17, 15) is 9.90 Å². The van der Waals surface area contributed by atoms with Crippen LogP contribution in [0.2, 0.25) is 5.02 Å². The quantitative estimate of drug-likeness (QED) is 0.360. The monoisotopic (exact) mass is 465 g/mol. The van der Waals surface area contributed by atoms with Crippen molar-refractivity contribution >= 4 is 40.2 Å². The Labute approximate surface area is 196 Å². The zero-order valence-corrected chi connectivity index (χ0v) is 20.0. The lowest BCUT2D eigenvalue weighted by Gasteiger charge is -2.24. The van der Waals surface area contributed by atoms with Gasteiger partial charge in [-0.25, -0.2) is 0 Å². The van der Waals surface area contributed by atoms with Crippen molar-refractivity contribution in [3.63, 3.8) is 0 Å². The minimum absolute atomic E-state index is 0.113. The number of halogens is 1. The summed E-state index contributed by atoms with van der Waals surface area (Å²) >= 11 is 7.69. The standard InChI is InChI=1S/C25H24ClN3O2S/c1-15-24(32-17-7-5-16(26)6-8-17)23-20(29(15)14-21(30)31)10-9-18(25(2,3)4)22(23)19-13-27-11-12-28-19/h5-13H,14H2,1-4H3,(H,30,31). The Morgan fingerprint density at radius 2 is 1.84 bits per heavy atom. The van der Waals surface area contributed by atoms with E-state index in [-0.39, 0.29) is 12.0 Å². The zero-order chi connectivity index (χ0) is 23.0. The van der Waals surface area contributed by atoms with E-state index >= 15 is 0 Å². The van der Waals surface area contributed by atoms with Gasteiger partial charge in [0.2, 0.25) is 0 Å². The minimum Gasteiger partial charge on any atom is -0.480 e. The van der Waals surface area contributed by atoms with Crippen molar-refractivity contribution in [1.29, 1.82) is 0 Å². The second-order valence-corrected chi connectivity index (χ2v) is 10.2. The summed E-state index contributed by atoms with van der Waals surface area (Å²) in [4.78, 5) is 22.6. The van der Waals surface area contributed by atoms with Gasteiger partial charge in [0.15, 0.2) is 0 Å². The Bertz CT molecular complexity index is 1290. The number of carbonyl (C=O) groups is 1. The van der Waals surface area contributed by atoms with Gasteiger partial charge in [-0.05, 0) is 48.2 Å². The molecule has 0 bridgehead atoms. The van der Waals surface area contributed by atoms with E-state index in [4.69, 9.17) is 11.6 Å². The molecule has 2 aromatic heterocycles. The zero-order valence-electron chi connectivity index (χ0n) is 18.4. The summed E-state index contributed by atoms with van der Waals surface area (Å²) in [6.45, 7) is 8.36. The Morgan fingerprint density at radius 1 is 1.12 bits per heavy atom. The van der Waals surface area contributed by atoms with Crippen LogP contribution in [0, 0.1) is 6.92 Å². The van der Waals surface area contributed by atoms with Gasteiger partial charge < -0.3 is 9.67 Å². The van der Waals surface area contributed by atoms with Gasteiger partial charge in [-0.15, -0.1) is 0 Å². The summed E-state index contributed by atoms with van der Waals surface area (Å²) in [6, 6.07) is 11.8. The Morgan fingerprint density at radius 3 is 2.44 bits per heavy atom. The van der Waals surface area contributed by atoms with Crippen molar-refractivity contribution in [2.24, 2.45) is 0 Å². The maximum Gasteiger partial charge on any atom is 0.323 e. The summed E-state index contributed by atoms with van der Waals surface area (Å²) < 4.78 is 1.86. The predicted molar refractivity (Wildman–Crippen MR) is 130 cm³/mol. The molecule has 0 saturated carbocycles. The van der Waals surface area contributed by atoms with Crippen molar-refractivity contribution in [3.8, 4) is 11.3 Å². The van der Waals surface area contributed by atoms with Gasteiger partial charge in [0, 0.05) is 43.9 Å². The van der Waals surface area contributed by atoms with Gasteiger partial charge in [0.05, 0.1) is 17.4 Å². The second-order valence-electron chi connectivity index (χ2n) is 8.67. The molecule has 0 radical (unpaired) electrons. The summed E-state index contributed by atoms with van der Waals surface area (Å²) in [7, 11) is 0. The van der Waals surface area contributed by atoms with Crippen LogP contribution in [0.15, 0.2) is 64.8 Å². The molecule has 4 aromatic rings. The number of carboxylic acids is 1. The second kappa shape index (κ2) is 8.60. The molecule has 0 spiro atoms. The smallest absolute Gasteiger partial charge is 0.323 e. The summed E-state index contributed by atoms with van der Waals surface area (Å²) in [5, 5.41) is 11.3. The van der Waals surface area contributed by atoms with Gasteiger partial charge >= 0.3 is 5.97 Å². The van der Waals surface area contributed by atoms with E-state index in [0.29, 0.717) is 5.02 Å². The fourth-order valence-corrected chi connectivity index (χ4v) is 5.13. The van der Waals surface area contributed by atoms with Crippen LogP contribution in [0.5, 0.6) is 0 Å². The van der Waals surface area contributed by atoms with Gasteiger partial charge in [0.25, 0.3) is 0 Å². The molecular weight excluding hydrogens is 442 g/mol. The highest BCUT2D eigenvalue weighted by atomic mass is 35.5. The van der Waals surface area contributed by atoms with Gasteiger partial charge in [-0.1, -0.05) is 50.2 Å². The first kappa shape index (κ1) is 22.4. The van der Waals surface area contributed by atoms with Crippen molar-refractivity contribution in [2.45, 2.75) is 49.4 Å². The van der Waals surface area contributed by atoms with Gasteiger partial charge in [-0.3, -0.25) is 14.8 Å². The number of aromatic nitrogens is 3. The van der Waals surface area contributed by atoms with E-state index in [1.54, 1.807) is 30.4 Å². The van der Waals surface area contributed by atoms with Crippen molar-refractivity contribution in [3.05, 3.63) is 71.3 Å². The topological polar surface area (TPSA) is 68.0 Å². The van der Waals surface area contributed by atoms with Crippen LogP contribution in [0.25, 0.3) is 22.2 Å². The van der Waals surface area contributed by atoms with Crippen LogP contribution in [0.3, 0.4) is 0 Å². The highest BCUT2D eigenvalue weighted by Crippen LogP contribution is 2.46. The summed E-state index contributed by atoms with van der Waals surface area (Å²) in [5.74, 6) is -0.881. The Hall–Kier alpha value is -2.83. The molecule has 0 atom stereocenters. The lowest BCUT2D eigenvalue weighted by molar-refractivity contribution is -0.137. The molecule has 2 aromatic carbocycles. The minimum atomic E-state index is -0.881. The first-order valence-electron chi connectivity index (χ1n) is 10.2. The number of aliphatic carboxylic acids is 1. The average Bonchev–Trinajstić information content (AvgIpc) is 3.00. The molecule has 0 amide bonds. The van der Waals surface area contributed by atoms with E-state index < -0.39 is 5.97 Å². The molecule has 164 valence electrons. The van der Waals surface area contributed by atoms with E-state index in [0.717, 1.165) is 43.2 Å². The molecule has 0 aliphatic carbocycles. The molecule has 1 N–H and O–H groups in total. The van der Waals surface area contributed by atoms with Gasteiger partial charge in [-0.2, -0.15) is 0 Å². The largest absolute Gasteiger partial charge is 0.480 e. The lowest BCUT2D eigenvalue weighted by Crippen LogP contribution is -2.14. The van der Waals surface area contributed by atoms with Crippen LogP contribution in [0.4, 0.5) is 0 Å². The maximum absolute atomic E-state index is 11.7. The maximum atomic E-state index is 11.7. The molecule has 0 fully saturated rings. The SMILES string of the molecule is Cc1c(Sc2ccc(Cl)cc2)c2c(-c3cnccn3)c(C(C)(C)C)ccc2n1CC(=O)O. The van der Waals surface area contributed by atoms with Crippen LogP contribution < -0.4 is 0 Å². The van der Waals surface area contributed by atoms with Crippen LogP contribution in [-0.4, -0.2) is 25.6 Å². The Kier molecular flexibility index (Phi) is 6.01. The lowest BCUT2D eigenvalue weighted by atomic mass is 9.81. The number of hydrogen-bond acceptors (Lipinski definition) is 4. The average molecular weight is 466 g/mol. The van der Waals surface area contributed by atoms with E-state index in [2.05, 4.69) is 36.8 Å². The molecule has 5 nitrogen and oxygen atoms in total. The molecule has 0 aliphatic rings. The third kappa shape index (κ3) is 4.25. The molecule has 0 aliphatic heterocycles. The van der Waals surface area contributed by atoms with Crippen molar-refractivity contribution < 1.29 is 9.90 Å². The molecule has 7 heteroatoms. The van der Waals surface area contributed by atoms with E-state index in [1.165, 1.54) is 0 Å². The number of hydrogen-bond donors (Lipinski definition) is 1. The third-order valence-electron chi connectivity index (χ3n) is 5.39. The predicted octanol–water partition coefficient (Wildman–Crippen LogP) is 6.59. The fourth-order valence-electron chi connectivity index (χ4n) is 3.93. The fraction of sp³-hybridized carbons (Fsp3) is 0.240. The number of rotatable bonds is 5. The third-order valence-corrected chi connectivity index (χ3v) is 6.85. The van der Waals surface area contributed by atoms with Gasteiger partial charge in [0.1, 0.15) is 6.54 Å². The number of nitrogens with zero attached hydrogens (tertiary/aromatic N) is 3. The van der Waals surface area contributed by atoms with E-state index in [1.807, 2.05) is 41.8 Å². The molecule has 4 rings (SSSR count). The number of fused-ring (bicyclic) bond motifs is 1. The van der Waals surface area contributed by atoms with Crippen molar-refractivity contribution in [1.82, 2.24) is 14.5 Å². The van der Waals surface area contributed by atoms with Crippen LogP contribution in [-0.2, 0) is 16.8 Å². The first-order valence-corrected chi connectivity index (χ1v) is 11.4. The number of benzene rings is 2. The highest BCUT2D eigenvalue weighted by molar-refractivity contribution is 7.99. The van der Waals surface area contributed by atoms with Crippen LogP contribution >= 0.6 is 23.4 Å².